The summed E-state index contributed by atoms with van der Waals surface area (Å²) in [5.74, 6) is 0.751. The van der Waals surface area contributed by atoms with Crippen LogP contribution in [0.15, 0.2) is 24.3 Å². The normalized spacial score (nSPS) is 18.1. The van der Waals surface area contributed by atoms with E-state index in [4.69, 9.17) is 10.00 Å². The second-order valence-electron chi connectivity index (χ2n) is 7.51. The number of piperazine rings is 1. The van der Waals surface area contributed by atoms with Crippen molar-refractivity contribution in [2.24, 2.45) is 5.41 Å². The third kappa shape index (κ3) is 5.79. The van der Waals surface area contributed by atoms with Gasteiger partial charge in [0.25, 0.3) is 0 Å². The van der Waals surface area contributed by atoms with Crippen molar-refractivity contribution in [1.82, 2.24) is 9.80 Å². The van der Waals surface area contributed by atoms with Crippen LogP contribution >= 0.6 is 0 Å². The summed E-state index contributed by atoms with van der Waals surface area (Å²) >= 11 is 0. The lowest BCUT2D eigenvalue weighted by Crippen LogP contribution is -2.50. The summed E-state index contributed by atoms with van der Waals surface area (Å²) in [6.07, 6.45) is -0.292. The zero-order chi connectivity index (χ0) is 17.6. The third-order valence-electron chi connectivity index (χ3n) is 4.54. The van der Waals surface area contributed by atoms with Crippen molar-refractivity contribution in [3.63, 3.8) is 0 Å². The summed E-state index contributed by atoms with van der Waals surface area (Å²) in [4.78, 5) is 4.72. The smallest absolute Gasteiger partial charge is 0.120 e. The van der Waals surface area contributed by atoms with E-state index in [1.807, 2.05) is 12.1 Å². The summed E-state index contributed by atoms with van der Waals surface area (Å²) < 4.78 is 5.74. The number of hydrogen-bond donors (Lipinski definition) is 1. The standard InChI is InChI=1S/C19H29N3O2/c1-19(2,3)18(23)15-22-9-7-21(8-10-22)11-12-24-17-6-4-5-16(13-17)14-20/h4-6,13,18,23H,7-12,15H2,1-3H3. The molecule has 2 rings (SSSR count). The second kappa shape index (κ2) is 8.48. The Balaban J connectivity index is 1.67. The quantitative estimate of drug-likeness (QED) is 0.863. The lowest BCUT2D eigenvalue weighted by molar-refractivity contribution is 0.0122. The Labute approximate surface area is 145 Å². The lowest BCUT2D eigenvalue weighted by atomic mass is 9.89. The molecule has 132 valence electrons. The van der Waals surface area contributed by atoms with E-state index in [0.29, 0.717) is 12.2 Å². The molecule has 0 bridgehead atoms. The van der Waals surface area contributed by atoms with Crippen molar-refractivity contribution >= 4 is 0 Å². The monoisotopic (exact) mass is 331 g/mol. The molecule has 0 aliphatic carbocycles. The minimum absolute atomic E-state index is 0.0665. The molecular weight excluding hydrogens is 302 g/mol. The predicted octanol–water partition coefficient (Wildman–Crippen LogP) is 1.96. The minimum atomic E-state index is -0.292. The molecule has 5 nitrogen and oxygen atoms in total. The molecule has 1 N–H and O–H groups in total. The molecule has 1 atom stereocenters. The Morgan fingerprint density at radius 3 is 2.50 bits per heavy atom. The Hall–Kier alpha value is -1.61. The molecule has 5 heteroatoms. The largest absolute Gasteiger partial charge is 0.492 e. The molecule has 1 aliphatic rings. The van der Waals surface area contributed by atoms with Crippen molar-refractivity contribution in [1.29, 1.82) is 5.26 Å². The van der Waals surface area contributed by atoms with Crippen molar-refractivity contribution in [3.8, 4) is 11.8 Å². The van der Waals surface area contributed by atoms with Gasteiger partial charge in [-0.3, -0.25) is 9.80 Å². The highest BCUT2D eigenvalue weighted by atomic mass is 16.5. The highest BCUT2D eigenvalue weighted by Gasteiger charge is 2.26. The number of nitrogens with zero attached hydrogens (tertiary/aromatic N) is 3. The summed E-state index contributed by atoms with van der Waals surface area (Å²) in [5.41, 5.74) is 0.557. The first-order chi connectivity index (χ1) is 11.4. The highest BCUT2D eigenvalue weighted by Crippen LogP contribution is 2.20. The van der Waals surface area contributed by atoms with Gasteiger partial charge in [0.1, 0.15) is 12.4 Å². The zero-order valence-corrected chi connectivity index (χ0v) is 15.0. The van der Waals surface area contributed by atoms with E-state index in [1.165, 1.54) is 0 Å². The van der Waals surface area contributed by atoms with Crippen molar-refractivity contribution < 1.29 is 9.84 Å². The van der Waals surface area contributed by atoms with E-state index >= 15 is 0 Å². The van der Waals surface area contributed by atoms with E-state index in [-0.39, 0.29) is 11.5 Å². The van der Waals surface area contributed by atoms with Crippen LogP contribution in [0.2, 0.25) is 0 Å². The highest BCUT2D eigenvalue weighted by molar-refractivity contribution is 5.36. The molecule has 0 radical (unpaired) electrons. The Morgan fingerprint density at radius 1 is 1.21 bits per heavy atom. The maximum atomic E-state index is 10.2. The Morgan fingerprint density at radius 2 is 1.88 bits per heavy atom. The predicted molar refractivity (Wildman–Crippen MR) is 95.0 cm³/mol. The maximum absolute atomic E-state index is 10.2. The van der Waals surface area contributed by atoms with Crippen LogP contribution in [0, 0.1) is 16.7 Å². The summed E-state index contributed by atoms with van der Waals surface area (Å²) in [6, 6.07) is 9.39. The zero-order valence-electron chi connectivity index (χ0n) is 15.0. The molecular formula is C19H29N3O2. The number of β-amino-alcohol motifs (C(OH)–C–C–N with tert-alkyl or cyclic N) is 1. The number of aliphatic hydroxyl groups is 1. The van der Waals surface area contributed by atoms with E-state index in [9.17, 15) is 5.11 Å². The van der Waals surface area contributed by atoms with Gasteiger partial charge in [-0.1, -0.05) is 26.8 Å². The fourth-order valence-electron chi connectivity index (χ4n) is 2.66. The SMILES string of the molecule is CC(C)(C)C(O)CN1CCN(CCOc2cccc(C#N)c2)CC1. The van der Waals surface area contributed by atoms with Crippen LogP contribution in [0.1, 0.15) is 26.3 Å². The lowest BCUT2D eigenvalue weighted by Gasteiger charge is -2.37. The number of ether oxygens (including phenoxy) is 1. The number of benzene rings is 1. The molecule has 1 aromatic carbocycles. The van der Waals surface area contributed by atoms with Crippen LogP contribution in [0.4, 0.5) is 0 Å². The van der Waals surface area contributed by atoms with Crippen LogP contribution in [0.3, 0.4) is 0 Å². The molecule has 1 fully saturated rings. The van der Waals surface area contributed by atoms with E-state index in [1.54, 1.807) is 12.1 Å². The molecule has 0 spiro atoms. The van der Waals surface area contributed by atoms with Gasteiger partial charge in [-0.15, -0.1) is 0 Å². The number of nitriles is 1. The van der Waals surface area contributed by atoms with Gasteiger partial charge >= 0.3 is 0 Å². The topological polar surface area (TPSA) is 59.7 Å². The Kier molecular flexibility index (Phi) is 6.61. The fraction of sp³-hybridized carbons (Fsp3) is 0.632. The number of hydrogen-bond acceptors (Lipinski definition) is 5. The average molecular weight is 331 g/mol. The molecule has 1 saturated heterocycles. The fourth-order valence-corrected chi connectivity index (χ4v) is 2.66. The first kappa shape index (κ1) is 18.7. The van der Waals surface area contributed by atoms with Gasteiger partial charge in [-0.05, 0) is 23.6 Å². The maximum Gasteiger partial charge on any atom is 0.120 e. The van der Waals surface area contributed by atoms with Crippen LogP contribution in [-0.2, 0) is 0 Å². The molecule has 1 aromatic rings. The Bertz CT molecular complexity index is 554. The van der Waals surface area contributed by atoms with Crippen molar-refractivity contribution in [2.45, 2.75) is 26.9 Å². The van der Waals surface area contributed by atoms with Crippen LogP contribution in [0.25, 0.3) is 0 Å². The van der Waals surface area contributed by atoms with E-state index in [0.717, 1.165) is 45.0 Å². The van der Waals surface area contributed by atoms with Crippen LogP contribution < -0.4 is 4.74 Å². The molecule has 0 saturated carbocycles. The number of aliphatic hydroxyl groups excluding tert-OH is 1. The average Bonchev–Trinajstić information content (AvgIpc) is 2.56. The first-order valence-corrected chi connectivity index (χ1v) is 8.64. The minimum Gasteiger partial charge on any atom is -0.492 e. The van der Waals surface area contributed by atoms with Gasteiger partial charge in [0.15, 0.2) is 0 Å². The van der Waals surface area contributed by atoms with Crippen molar-refractivity contribution in [3.05, 3.63) is 29.8 Å². The third-order valence-corrected chi connectivity index (χ3v) is 4.54. The van der Waals surface area contributed by atoms with Crippen LogP contribution in [-0.4, -0.2) is 66.9 Å². The van der Waals surface area contributed by atoms with Crippen molar-refractivity contribution in [2.75, 3.05) is 45.9 Å². The van der Waals surface area contributed by atoms with Gasteiger partial charge in [0.2, 0.25) is 0 Å². The van der Waals surface area contributed by atoms with Gasteiger partial charge in [0, 0.05) is 39.3 Å². The van der Waals surface area contributed by atoms with Gasteiger partial charge in [-0.25, -0.2) is 0 Å². The molecule has 1 aliphatic heterocycles. The van der Waals surface area contributed by atoms with Gasteiger partial charge < -0.3 is 9.84 Å². The summed E-state index contributed by atoms with van der Waals surface area (Å²) in [7, 11) is 0. The first-order valence-electron chi connectivity index (χ1n) is 8.64. The van der Waals surface area contributed by atoms with E-state index in [2.05, 4.69) is 36.6 Å². The van der Waals surface area contributed by atoms with Crippen LogP contribution in [0.5, 0.6) is 5.75 Å². The second-order valence-corrected chi connectivity index (χ2v) is 7.51. The van der Waals surface area contributed by atoms with E-state index < -0.39 is 0 Å². The number of rotatable bonds is 6. The molecule has 0 amide bonds. The summed E-state index contributed by atoms with van der Waals surface area (Å²) in [6.45, 7) is 12.4. The molecule has 0 aromatic heterocycles. The summed E-state index contributed by atoms with van der Waals surface area (Å²) in [5, 5.41) is 19.1. The van der Waals surface area contributed by atoms with Gasteiger partial charge in [0.05, 0.1) is 17.7 Å². The molecule has 1 unspecified atom stereocenters. The molecule has 1 heterocycles. The van der Waals surface area contributed by atoms with Gasteiger partial charge in [-0.2, -0.15) is 5.26 Å². The molecule has 24 heavy (non-hydrogen) atoms.